The molecule has 92 valence electrons. The highest BCUT2D eigenvalue weighted by atomic mass is 15.1. The molecule has 1 aromatic heterocycles. The lowest BCUT2D eigenvalue weighted by Crippen LogP contribution is -2.43. The van der Waals surface area contributed by atoms with E-state index in [0.717, 1.165) is 38.3 Å². The first-order chi connectivity index (χ1) is 8.29. The van der Waals surface area contributed by atoms with E-state index in [4.69, 9.17) is 6.42 Å². The number of aromatic nitrogens is 2. The van der Waals surface area contributed by atoms with Crippen LogP contribution in [0.25, 0.3) is 0 Å². The Morgan fingerprint density at radius 1 is 1.65 bits per heavy atom. The molecule has 0 radical (unpaired) electrons. The molecule has 0 spiro atoms. The minimum atomic E-state index is 0.286. The third-order valence-electron chi connectivity index (χ3n) is 3.32. The zero-order chi connectivity index (χ0) is 12.1. The standard InChI is InChI=1S/C13H20N4/c1-3-8-17-9-4-12(5-10-17)16-11(2)13-14-6-7-15-13/h1,6-7,11-12,16H,4-5,8-10H2,2H3,(H,14,15). The van der Waals surface area contributed by atoms with Gasteiger partial charge in [0.2, 0.25) is 0 Å². The monoisotopic (exact) mass is 232 g/mol. The van der Waals surface area contributed by atoms with Crippen molar-refractivity contribution in [2.75, 3.05) is 19.6 Å². The number of hydrogen-bond acceptors (Lipinski definition) is 3. The molecule has 0 amide bonds. The van der Waals surface area contributed by atoms with E-state index in [1.54, 1.807) is 6.20 Å². The summed E-state index contributed by atoms with van der Waals surface area (Å²) in [6, 6.07) is 0.860. The largest absolute Gasteiger partial charge is 0.347 e. The summed E-state index contributed by atoms with van der Waals surface area (Å²) in [6.07, 6.45) is 11.3. The van der Waals surface area contributed by atoms with E-state index in [1.807, 2.05) is 6.20 Å². The number of nitrogens with zero attached hydrogens (tertiary/aromatic N) is 2. The normalized spacial score (nSPS) is 20.0. The molecule has 1 aliphatic heterocycles. The third kappa shape index (κ3) is 3.32. The summed E-state index contributed by atoms with van der Waals surface area (Å²) >= 11 is 0. The average Bonchev–Trinajstić information content (AvgIpc) is 2.86. The SMILES string of the molecule is C#CCN1CCC(NC(C)c2ncc[nH]2)CC1. The topological polar surface area (TPSA) is 44.0 Å². The molecule has 0 aromatic carbocycles. The van der Waals surface area contributed by atoms with Crippen molar-refractivity contribution in [1.82, 2.24) is 20.2 Å². The lowest BCUT2D eigenvalue weighted by atomic mass is 10.0. The van der Waals surface area contributed by atoms with Crippen molar-refractivity contribution in [2.45, 2.75) is 31.8 Å². The summed E-state index contributed by atoms with van der Waals surface area (Å²) in [6.45, 7) is 5.10. The Hall–Kier alpha value is -1.31. The predicted octanol–water partition coefficient (Wildman–Crippen LogP) is 1.16. The molecule has 1 aliphatic rings. The van der Waals surface area contributed by atoms with Crippen LogP contribution in [0.5, 0.6) is 0 Å². The van der Waals surface area contributed by atoms with E-state index >= 15 is 0 Å². The van der Waals surface area contributed by atoms with Gasteiger partial charge in [-0.15, -0.1) is 6.42 Å². The molecule has 1 aromatic rings. The van der Waals surface area contributed by atoms with Crippen molar-refractivity contribution in [3.63, 3.8) is 0 Å². The van der Waals surface area contributed by atoms with Gasteiger partial charge in [-0.3, -0.25) is 4.90 Å². The number of nitrogens with one attached hydrogen (secondary N) is 2. The van der Waals surface area contributed by atoms with Gasteiger partial charge in [-0.05, 0) is 19.8 Å². The molecule has 1 atom stereocenters. The van der Waals surface area contributed by atoms with Crippen LogP contribution in [0.3, 0.4) is 0 Å². The van der Waals surface area contributed by atoms with Gasteiger partial charge >= 0.3 is 0 Å². The van der Waals surface area contributed by atoms with Crippen molar-refractivity contribution in [3.05, 3.63) is 18.2 Å². The quantitative estimate of drug-likeness (QED) is 0.766. The molecule has 1 fully saturated rings. The van der Waals surface area contributed by atoms with Gasteiger partial charge in [0.15, 0.2) is 0 Å². The van der Waals surface area contributed by atoms with Gasteiger partial charge in [0.1, 0.15) is 5.82 Å². The summed E-state index contributed by atoms with van der Waals surface area (Å²) in [5.74, 6) is 3.72. The first-order valence-electron chi connectivity index (χ1n) is 6.20. The number of rotatable bonds is 4. The van der Waals surface area contributed by atoms with Crippen LogP contribution >= 0.6 is 0 Å². The molecular formula is C13H20N4. The lowest BCUT2D eigenvalue weighted by Gasteiger charge is -2.32. The highest BCUT2D eigenvalue weighted by molar-refractivity contribution is 4.96. The Labute approximate surface area is 103 Å². The highest BCUT2D eigenvalue weighted by Crippen LogP contribution is 2.14. The Balaban J connectivity index is 1.77. The molecule has 1 unspecified atom stereocenters. The molecular weight excluding hydrogens is 212 g/mol. The Morgan fingerprint density at radius 3 is 3.00 bits per heavy atom. The van der Waals surface area contributed by atoms with Gasteiger partial charge in [-0.2, -0.15) is 0 Å². The number of aromatic amines is 1. The highest BCUT2D eigenvalue weighted by Gasteiger charge is 2.20. The van der Waals surface area contributed by atoms with Crippen molar-refractivity contribution >= 4 is 0 Å². The van der Waals surface area contributed by atoms with Gasteiger partial charge < -0.3 is 10.3 Å². The van der Waals surface area contributed by atoms with Gasteiger partial charge in [0.05, 0.1) is 12.6 Å². The van der Waals surface area contributed by atoms with E-state index in [2.05, 4.69) is 33.0 Å². The molecule has 4 nitrogen and oxygen atoms in total. The van der Waals surface area contributed by atoms with E-state index in [0.29, 0.717) is 6.04 Å². The van der Waals surface area contributed by atoms with Gasteiger partial charge in [-0.25, -0.2) is 4.98 Å². The van der Waals surface area contributed by atoms with Crippen molar-refractivity contribution in [2.24, 2.45) is 0 Å². The molecule has 0 aliphatic carbocycles. The maximum atomic E-state index is 5.32. The fraction of sp³-hybridized carbons (Fsp3) is 0.615. The minimum Gasteiger partial charge on any atom is -0.347 e. The molecule has 0 saturated carbocycles. The number of likely N-dealkylation sites (tertiary alicyclic amines) is 1. The predicted molar refractivity (Wildman–Crippen MR) is 68.4 cm³/mol. The van der Waals surface area contributed by atoms with Crippen LogP contribution in [-0.4, -0.2) is 40.5 Å². The summed E-state index contributed by atoms with van der Waals surface area (Å²) < 4.78 is 0. The Kier molecular flexibility index (Phi) is 4.18. The van der Waals surface area contributed by atoms with Crippen LogP contribution in [0.1, 0.15) is 31.6 Å². The van der Waals surface area contributed by atoms with E-state index in [1.165, 1.54) is 0 Å². The number of terminal acetylenes is 1. The van der Waals surface area contributed by atoms with Crippen molar-refractivity contribution < 1.29 is 0 Å². The number of imidazole rings is 1. The van der Waals surface area contributed by atoms with E-state index in [-0.39, 0.29) is 6.04 Å². The second-order valence-corrected chi connectivity index (χ2v) is 4.62. The molecule has 2 N–H and O–H groups in total. The fourth-order valence-electron chi connectivity index (χ4n) is 2.33. The van der Waals surface area contributed by atoms with E-state index < -0.39 is 0 Å². The average molecular weight is 232 g/mol. The van der Waals surface area contributed by atoms with Crippen LogP contribution in [0.2, 0.25) is 0 Å². The smallest absolute Gasteiger partial charge is 0.122 e. The number of hydrogen-bond donors (Lipinski definition) is 2. The summed E-state index contributed by atoms with van der Waals surface area (Å²) in [5, 5.41) is 3.61. The molecule has 4 heteroatoms. The van der Waals surface area contributed by atoms with Crippen LogP contribution in [-0.2, 0) is 0 Å². The van der Waals surface area contributed by atoms with Crippen molar-refractivity contribution in [3.8, 4) is 12.3 Å². The first-order valence-corrected chi connectivity index (χ1v) is 6.20. The zero-order valence-corrected chi connectivity index (χ0v) is 10.3. The van der Waals surface area contributed by atoms with Crippen molar-refractivity contribution in [1.29, 1.82) is 0 Å². The second-order valence-electron chi connectivity index (χ2n) is 4.62. The lowest BCUT2D eigenvalue weighted by molar-refractivity contribution is 0.210. The minimum absolute atomic E-state index is 0.286. The molecule has 0 bridgehead atoms. The van der Waals surface area contributed by atoms with E-state index in [9.17, 15) is 0 Å². The molecule has 2 rings (SSSR count). The number of H-pyrrole nitrogens is 1. The second kappa shape index (κ2) is 5.85. The molecule has 2 heterocycles. The molecule has 17 heavy (non-hydrogen) atoms. The fourth-order valence-corrected chi connectivity index (χ4v) is 2.33. The first kappa shape index (κ1) is 12.2. The summed E-state index contributed by atoms with van der Waals surface area (Å²) in [5.41, 5.74) is 0. The van der Waals surface area contributed by atoms with Gasteiger partial charge in [0, 0.05) is 31.5 Å². The third-order valence-corrected chi connectivity index (χ3v) is 3.32. The van der Waals surface area contributed by atoms with Crippen LogP contribution in [0, 0.1) is 12.3 Å². The number of piperidine rings is 1. The van der Waals surface area contributed by atoms with Crippen LogP contribution in [0.15, 0.2) is 12.4 Å². The maximum absolute atomic E-state index is 5.32. The molecule has 1 saturated heterocycles. The van der Waals surface area contributed by atoms with Gasteiger partial charge in [-0.1, -0.05) is 5.92 Å². The van der Waals surface area contributed by atoms with Crippen LogP contribution in [0.4, 0.5) is 0 Å². The Bertz CT molecular complexity index is 357. The van der Waals surface area contributed by atoms with Crippen LogP contribution < -0.4 is 5.32 Å². The maximum Gasteiger partial charge on any atom is 0.122 e. The Morgan fingerprint density at radius 2 is 2.41 bits per heavy atom. The zero-order valence-electron chi connectivity index (χ0n) is 10.3. The summed E-state index contributed by atoms with van der Waals surface area (Å²) in [4.78, 5) is 9.75. The van der Waals surface area contributed by atoms with Gasteiger partial charge in [0.25, 0.3) is 0 Å². The summed E-state index contributed by atoms with van der Waals surface area (Å²) in [7, 11) is 0.